The molecule has 5 heteroatoms. The third-order valence-electron chi connectivity index (χ3n) is 7.14. The molecule has 0 saturated heterocycles. The first kappa shape index (κ1) is 44.1. The molecule has 0 unspecified atom stereocenters. The minimum absolute atomic E-state index is 0. The maximum Gasteiger partial charge on any atom is 0 e. The van der Waals surface area contributed by atoms with E-state index < -0.39 is 0 Å². The average molecular weight is 651 g/mol. The maximum absolute atomic E-state index is 12.7. The van der Waals surface area contributed by atoms with Crippen LogP contribution >= 0.6 is 0 Å². The first-order chi connectivity index (χ1) is 16.5. The van der Waals surface area contributed by atoms with Gasteiger partial charge in [-0.3, -0.25) is 0 Å². The van der Waals surface area contributed by atoms with Gasteiger partial charge >= 0.3 is 0 Å². The molecule has 0 saturated carbocycles. The van der Waals surface area contributed by atoms with Crippen LogP contribution in [-0.2, 0) is 64.5 Å². The molecular formula is C36H58MoO4-6. The third kappa shape index (κ3) is 11.7. The van der Waals surface area contributed by atoms with Crippen molar-refractivity contribution in [2.45, 2.75) is 157 Å². The SMILES string of the molecule is CC(C)(C)c1cc(C(C)(C)C)c([O-])c(C(C)(C)C)c1.CC(C)(C)c1cc(C(C)(C)C)c([O-])c(C(C)(C)C)c1.[Mo].[O-2].[O-2]. The summed E-state index contributed by atoms with van der Waals surface area (Å²) in [6.07, 6.45) is 0. The summed E-state index contributed by atoms with van der Waals surface area (Å²) in [5, 5.41) is 25.5. The molecule has 4 nitrogen and oxygen atoms in total. The second kappa shape index (κ2) is 14.0. The molecule has 2 aromatic carbocycles. The first-order valence-corrected chi connectivity index (χ1v) is 14.2. The molecule has 0 aromatic heterocycles. The zero-order chi connectivity index (χ0) is 30.4. The predicted molar refractivity (Wildman–Crippen MR) is 165 cm³/mol. The summed E-state index contributed by atoms with van der Waals surface area (Å²) in [4.78, 5) is 0. The van der Waals surface area contributed by atoms with Crippen molar-refractivity contribution in [1.82, 2.24) is 0 Å². The number of benzene rings is 2. The standard InChI is InChI=1S/2C18H30O.Mo.2O/c2*1-16(2,3)12-10-13(17(4,5)6)15(19)14(11-12)18(7,8)9;;;/h2*10-11,19H,1-9H3;;;/q;;;2*-2/p-2. The van der Waals surface area contributed by atoms with Gasteiger partial charge < -0.3 is 21.2 Å². The number of hydrogen-bond donors (Lipinski definition) is 0. The summed E-state index contributed by atoms with van der Waals surface area (Å²) in [7, 11) is 0. The molecule has 0 heterocycles. The Kier molecular flexibility index (Phi) is 15.0. The van der Waals surface area contributed by atoms with Crippen molar-refractivity contribution in [1.29, 1.82) is 0 Å². The fourth-order valence-corrected chi connectivity index (χ4v) is 4.35. The van der Waals surface area contributed by atoms with Crippen molar-refractivity contribution in [3.63, 3.8) is 0 Å². The van der Waals surface area contributed by atoms with Gasteiger partial charge in [0.1, 0.15) is 0 Å². The minimum Gasteiger partial charge on any atom is -2.00 e. The molecule has 2 rings (SSSR count). The normalized spacial score (nSPS) is 12.7. The zero-order valence-electron chi connectivity index (χ0n) is 29.4. The van der Waals surface area contributed by atoms with E-state index in [1.54, 1.807) is 0 Å². The van der Waals surface area contributed by atoms with Gasteiger partial charge in [0.05, 0.1) is 0 Å². The van der Waals surface area contributed by atoms with E-state index in [-0.39, 0.29) is 76.0 Å². The second-order valence-electron chi connectivity index (χ2n) is 17.3. The number of rotatable bonds is 0. The molecule has 0 aliphatic carbocycles. The van der Waals surface area contributed by atoms with Gasteiger partial charge in [-0.25, -0.2) is 0 Å². The van der Waals surface area contributed by atoms with Gasteiger partial charge in [0.25, 0.3) is 0 Å². The molecule has 2 aromatic rings. The van der Waals surface area contributed by atoms with Gasteiger partial charge in [-0.15, -0.1) is 11.5 Å². The monoisotopic (exact) mass is 652 g/mol. The van der Waals surface area contributed by atoms with Crippen molar-refractivity contribution in [2.24, 2.45) is 0 Å². The zero-order valence-corrected chi connectivity index (χ0v) is 31.4. The van der Waals surface area contributed by atoms with E-state index in [4.69, 9.17) is 0 Å². The van der Waals surface area contributed by atoms with Gasteiger partial charge in [-0.1, -0.05) is 149 Å². The van der Waals surface area contributed by atoms with Crippen molar-refractivity contribution in [2.75, 3.05) is 0 Å². The fraction of sp³-hybridized carbons (Fsp3) is 0.667. The van der Waals surface area contributed by atoms with Crippen LogP contribution in [0, 0.1) is 0 Å². The Morgan fingerprint density at radius 1 is 0.341 bits per heavy atom. The minimum atomic E-state index is -0.113. The van der Waals surface area contributed by atoms with Crippen LogP contribution < -0.4 is 10.2 Å². The molecule has 0 bridgehead atoms. The maximum atomic E-state index is 12.7. The summed E-state index contributed by atoms with van der Waals surface area (Å²) >= 11 is 0. The molecule has 0 amide bonds. The Morgan fingerprint density at radius 3 is 0.585 bits per heavy atom. The van der Waals surface area contributed by atoms with Gasteiger partial charge in [0.2, 0.25) is 0 Å². The Balaban J connectivity index is -0.000000656. The van der Waals surface area contributed by atoms with Crippen molar-refractivity contribution >= 4 is 0 Å². The van der Waals surface area contributed by atoms with Crippen LogP contribution in [0.5, 0.6) is 11.5 Å². The Hall–Kier alpha value is -1.35. The van der Waals surface area contributed by atoms with Crippen LogP contribution in [0.25, 0.3) is 0 Å². The van der Waals surface area contributed by atoms with E-state index in [1.807, 2.05) is 0 Å². The third-order valence-corrected chi connectivity index (χ3v) is 7.14. The van der Waals surface area contributed by atoms with Crippen LogP contribution in [0.1, 0.15) is 158 Å². The topological polar surface area (TPSA) is 103 Å². The molecular weight excluding hydrogens is 592 g/mol. The van der Waals surface area contributed by atoms with Gasteiger partial charge in [0, 0.05) is 21.1 Å². The summed E-state index contributed by atoms with van der Waals surface area (Å²) in [6.45, 7) is 38.6. The molecule has 0 aliphatic rings. The Labute approximate surface area is 267 Å². The van der Waals surface area contributed by atoms with Gasteiger partial charge in [0.15, 0.2) is 0 Å². The summed E-state index contributed by atoms with van der Waals surface area (Å²) < 4.78 is 0. The van der Waals surface area contributed by atoms with E-state index in [0.717, 1.165) is 22.3 Å². The van der Waals surface area contributed by atoms with E-state index in [1.165, 1.54) is 11.1 Å². The van der Waals surface area contributed by atoms with Crippen LogP contribution in [0.3, 0.4) is 0 Å². The average Bonchev–Trinajstić information content (AvgIpc) is 2.63. The van der Waals surface area contributed by atoms with E-state index in [2.05, 4.69) is 149 Å². The van der Waals surface area contributed by atoms with Crippen molar-refractivity contribution < 1.29 is 42.2 Å². The van der Waals surface area contributed by atoms with Crippen LogP contribution in [0.4, 0.5) is 0 Å². The summed E-state index contributed by atoms with van der Waals surface area (Å²) in [6, 6.07) is 8.43. The smallest absolute Gasteiger partial charge is 0 e. The summed E-state index contributed by atoms with van der Waals surface area (Å²) in [5.41, 5.74) is 5.92. The largest absolute Gasteiger partial charge is 2.00 e. The van der Waals surface area contributed by atoms with Crippen molar-refractivity contribution in [3.8, 4) is 11.5 Å². The van der Waals surface area contributed by atoms with E-state index in [0.29, 0.717) is 0 Å². The predicted octanol–water partition coefficient (Wildman–Crippen LogP) is 9.07. The second-order valence-corrected chi connectivity index (χ2v) is 17.3. The Bertz CT molecular complexity index is 960. The van der Waals surface area contributed by atoms with Crippen LogP contribution in [-0.4, -0.2) is 0 Å². The van der Waals surface area contributed by atoms with Crippen LogP contribution in [0.2, 0.25) is 0 Å². The van der Waals surface area contributed by atoms with E-state index in [9.17, 15) is 10.2 Å². The van der Waals surface area contributed by atoms with Gasteiger partial charge in [-0.2, -0.15) is 0 Å². The summed E-state index contributed by atoms with van der Waals surface area (Å²) in [5.74, 6) is 0.431. The Morgan fingerprint density at radius 2 is 0.488 bits per heavy atom. The van der Waals surface area contributed by atoms with Crippen molar-refractivity contribution in [3.05, 3.63) is 57.6 Å². The molecule has 0 radical (unpaired) electrons. The number of hydrogen-bond acceptors (Lipinski definition) is 2. The molecule has 0 fully saturated rings. The van der Waals surface area contributed by atoms with E-state index >= 15 is 0 Å². The molecule has 41 heavy (non-hydrogen) atoms. The molecule has 238 valence electrons. The quantitative estimate of drug-likeness (QED) is 0.266. The van der Waals surface area contributed by atoms with Crippen LogP contribution in [0.15, 0.2) is 24.3 Å². The molecule has 0 N–H and O–H groups in total. The molecule has 0 spiro atoms. The molecule has 0 aliphatic heterocycles. The molecule has 0 atom stereocenters. The first-order valence-electron chi connectivity index (χ1n) is 14.2. The van der Waals surface area contributed by atoms with Gasteiger partial charge in [-0.05, 0) is 65.9 Å². The fourth-order valence-electron chi connectivity index (χ4n) is 4.35.